The first-order valence-corrected chi connectivity index (χ1v) is 7.33. The molecule has 0 bridgehead atoms. The Balaban J connectivity index is 2.63. The summed E-state index contributed by atoms with van der Waals surface area (Å²) in [6.45, 7) is 6.51. The minimum atomic E-state index is -0.282. The zero-order valence-corrected chi connectivity index (χ0v) is 13.1. The van der Waals surface area contributed by atoms with E-state index in [9.17, 15) is 0 Å². The summed E-state index contributed by atoms with van der Waals surface area (Å²) in [6.07, 6.45) is 4.37. The molecule has 0 spiro atoms. The highest BCUT2D eigenvalue weighted by Gasteiger charge is 2.36. The molecule has 0 saturated heterocycles. The van der Waals surface area contributed by atoms with E-state index in [1.807, 2.05) is 12.1 Å². The van der Waals surface area contributed by atoms with Gasteiger partial charge in [-0.15, -0.1) is 0 Å². The topological polar surface area (TPSA) is 35.2 Å². The third-order valence-corrected chi connectivity index (χ3v) is 4.32. The summed E-state index contributed by atoms with van der Waals surface area (Å²) in [6, 6.07) is 3.99. The Morgan fingerprint density at radius 2 is 1.79 bits per heavy atom. The van der Waals surface area contributed by atoms with Crippen LogP contribution in [0.5, 0.6) is 5.75 Å². The molecule has 3 heteroatoms. The van der Waals surface area contributed by atoms with E-state index in [2.05, 4.69) is 20.8 Å². The maximum atomic E-state index is 6.60. The summed E-state index contributed by atoms with van der Waals surface area (Å²) in [5.74, 6) is 0.918. The van der Waals surface area contributed by atoms with Crippen molar-refractivity contribution < 1.29 is 4.74 Å². The number of nitrogens with two attached hydrogens (primary N) is 1. The van der Waals surface area contributed by atoms with Crippen molar-refractivity contribution in [3.05, 3.63) is 28.3 Å². The van der Waals surface area contributed by atoms with Crippen molar-refractivity contribution in [2.24, 2.45) is 5.73 Å². The molecule has 106 valence electrons. The molecule has 19 heavy (non-hydrogen) atoms. The molecule has 0 aromatic heterocycles. The van der Waals surface area contributed by atoms with E-state index in [0.717, 1.165) is 34.7 Å². The van der Waals surface area contributed by atoms with Crippen molar-refractivity contribution in [2.75, 3.05) is 7.11 Å². The molecule has 0 unspecified atom stereocenters. The Hall–Kier alpha value is -0.730. The number of methoxy groups -OCH3 is 1. The van der Waals surface area contributed by atoms with Gasteiger partial charge < -0.3 is 10.5 Å². The second-order valence-corrected chi connectivity index (χ2v) is 7.08. The SMILES string of the molecule is COc1c(C(C)(C)C)cc(Cl)cc1C1(N)CCCC1. The number of halogens is 1. The molecule has 1 aliphatic carbocycles. The predicted octanol–water partition coefficient (Wildman–Crippen LogP) is 4.37. The zero-order chi connectivity index (χ0) is 14.3. The van der Waals surface area contributed by atoms with Crippen LogP contribution in [0.3, 0.4) is 0 Å². The summed E-state index contributed by atoms with van der Waals surface area (Å²) in [5, 5.41) is 0.748. The fraction of sp³-hybridized carbons (Fsp3) is 0.625. The van der Waals surface area contributed by atoms with Crippen molar-refractivity contribution in [1.82, 2.24) is 0 Å². The Kier molecular flexibility index (Phi) is 3.85. The lowest BCUT2D eigenvalue weighted by Gasteiger charge is -2.31. The van der Waals surface area contributed by atoms with Gasteiger partial charge in [0.15, 0.2) is 0 Å². The van der Waals surface area contributed by atoms with Crippen LogP contribution < -0.4 is 10.5 Å². The van der Waals surface area contributed by atoms with Gasteiger partial charge >= 0.3 is 0 Å². The maximum Gasteiger partial charge on any atom is 0.127 e. The summed E-state index contributed by atoms with van der Waals surface area (Å²) in [5.41, 5.74) is 8.51. The quantitative estimate of drug-likeness (QED) is 0.873. The minimum absolute atomic E-state index is 0.0139. The second-order valence-electron chi connectivity index (χ2n) is 6.65. The van der Waals surface area contributed by atoms with Crippen LogP contribution in [0.25, 0.3) is 0 Å². The van der Waals surface area contributed by atoms with Gasteiger partial charge in [-0.25, -0.2) is 0 Å². The first-order chi connectivity index (χ1) is 8.78. The molecule has 0 radical (unpaired) electrons. The van der Waals surface area contributed by atoms with E-state index >= 15 is 0 Å². The van der Waals surface area contributed by atoms with Crippen LogP contribution in [0.4, 0.5) is 0 Å². The molecule has 2 N–H and O–H groups in total. The van der Waals surface area contributed by atoms with Gasteiger partial charge in [0.05, 0.1) is 7.11 Å². The fourth-order valence-corrected chi connectivity index (χ4v) is 3.23. The van der Waals surface area contributed by atoms with Crippen LogP contribution >= 0.6 is 11.6 Å². The average molecular weight is 282 g/mol. The molecule has 1 fully saturated rings. The van der Waals surface area contributed by atoms with E-state index in [-0.39, 0.29) is 11.0 Å². The van der Waals surface area contributed by atoms with Gasteiger partial charge in [0, 0.05) is 21.7 Å². The van der Waals surface area contributed by atoms with Crippen LogP contribution in [0.1, 0.15) is 57.6 Å². The van der Waals surface area contributed by atoms with Crippen molar-refractivity contribution in [2.45, 2.75) is 57.4 Å². The third kappa shape index (κ3) is 2.75. The van der Waals surface area contributed by atoms with Gasteiger partial charge in [-0.1, -0.05) is 45.2 Å². The number of benzene rings is 1. The molecular weight excluding hydrogens is 258 g/mol. The molecule has 0 amide bonds. The predicted molar refractivity (Wildman–Crippen MR) is 81.0 cm³/mol. The highest BCUT2D eigenvalue weighted by Crippen LogP contribution is 2.45. The van der Waals surface area contributed by atoms with E-state index in [0.29, 0.717) is 0 Å². The Morgan fingerprint density at radius 1 is 1.21 bits per heavy atom. The van der Waals surface area contributed by atoms with Crippen molar-refractivity contribution in [3.8, 4) is 5.75 Å². The van der Waals surface area contributed by atoms with Crippen molar-refractivity contribution in [3.63, 3.8) is 0 Å². The Morgan fingerprint density at radius 3 is 2.26 bits per heavy atom. The van der Waals surface area contributed by atoms with E-state index in [1.54, 1.807) is 7.11 Å². The molecule has 1 aromatic rings. The van der Waals surface area contributed by atoms with E-state index in [1.165, 1.54) is 12.8 Å². The third-order valence-electron chi connectivity index (χ3n) is 4.10. The highest BCUT2D eigenvalue weighted by atomic mass is 35.5. The zero-order valence-electron chi connectivity index (χ0n) is 12.3. The number of hydrogen-bond acceptors (Lipinski definition) is 2. The lowest BCUT2D eigenvalue weighted by Crippen LogP contribution is -2.34. The average Bonchev–Trinajstić information content (AvgIpc) is 2.75. The number of ether oxygens (including phenoxy) is 1. The lowest BCUT2D eigenvalue weighted by atomic mass is 9.80. The van der Waals surface area contributed by atoms with Crippen LogP contribution in [0.15, 0.2) is 12.1 Å². The molecule has 1 aliphatic rings. The van der Waals surface area contributed by atoms with Crippen molar-refractivity contribution in [1.29, 1.82) is 0 Å². The van der Waals surface area contributed by atoms with Gasteiger partial charge in [-0.3, -0.25) is 0 Å². The van der Waals surface area contributed by atoms with Crippen LogP contribution in [-0.2, 0) is 11.0 Å². The molecule has 0 aliphatic heterocycles. The van der Waals surface area contributed by atoms with Gasteiger partial charge in [-0.05, 0) is 30.4 Å². The largest absolute Gasteiger partial charge is 0.496 e. The van der Waals surface area contributed by atoms with Gasteiger partial charge in [0.25, 0.3) is 0 Å². The Bertz CT molecular complexity index is 470. The van der Waals surface area contributed by atoms with Gasteiger partial charge in [0.2, 0.25) is 0 Å². The summed E-state index contributed by atoms with van der Waals surface area (Å²) in [7, 11) is 1.72. The summed E-state index contributed by atoms with van der Waals surface area (Å²) >= 11 is 6.31. The highest BCUT2D eigenvalue weighted by molar-refractivity contribution is 6.30. The molecule has 0 atom stereocenters. The van der Waals surface area contributed by atoms with Gasteiger partial charge in [0.1, 0.15) is 5.75 Å². The van der Waals surface area contributed by atoms with Crippen LogP contribution in [-0.4, -0.2) is 7.11 Å². The van der Waals surface area contributed by atoms with Crippen molar-refractivity contribution >= 4 is 11.6 Å². The standard InChI is InChI=1S/C16H24ClNO/c1-15(2,3)12-9-11(17)10-13(14(12)19-4)16(18)7-5-6-8-16/h9-10H,5-8,18H2,1-4H3. The lowest BCUT2D eigenvalue weighted by molar-refractivity contribution is 0.366. The molecule has 0 heterocycles. The van der Waals surface area contributed by atoms with Crippen LogP contribution in [0, 0.1) is 0 Å². The van der Waals surface area contributed by atoms with Crippen LogP contribution in [0.2, 0.25) is 5.02 Å². The monoisotopic (exact) mass is 281 g/mol. The second kappa shape index (κ2) is 4.99. The van der Waals surface area contributed by atoms with E-state index < -0.39 is 0 Å². The molecule has 1 saturated carbocycles. The number of rotatable bonds is 2. The minimum Gasteiger partial charge on any atom is -0.496 e. The maximum absolute atomic E-state index is 6.60. The smallest absolute Gasteiger partial charge is 0.127 e. The fourth-order valence-electron chi connectivity index (χ4n) is 3.02. The normalized spacial score (nSPS) is 18.6. The Labute approximate surface area is 121 Å². The molecular formula is C16H24ClNO. The van der Waals surface area contributed by atoms with E-state index in [4.69, 9.17) is 22.1 Å². The molecule has 2 rings (SSSR count). The first kappa shape index (κ1) is 14.7. The number of hydrogen-bond donors (Lipinski definition) is 1. The molecule has 2 nitrogen and oxygen atoms in total. The summed E-state index contributed by atoms with van der Waals surface area (Å²) in [4.78, 5) is 0. The first-order valence-electron chi connectivity index (χ1n) is 6.95. The van der Waals surface area contributed by atoms with Gasteiger partial charge in [-0.2, -0.15) is 0 Å². The molecule has 1 aromatic carbocycles. The summed E-state index contributed by atoms with van der Waals surface area (Å²) < 4.78 is 5.70.